The van der Waals surface area contributed by atoms with Gasteiger partial charge in [-0.1, -0.05) is 28.1 Å². The van der Waals surface area contributed by atoms with Gasteiger partial charge in [0, 0.05) is 4.47 Å². The molecule has 0 spiro atoms. The molecule has 0 aliphatic carbocycles. The Morgan fingerprint density at radius 1 is 1.12 bits per heavy atom. The van der Waals surface area contributed by atoms with Crippen molar-refractivity contribution in [1.82, 2.24) is 5.32 Å². The molecule has 0 aliphatic rings. The Hall–Kier alpha value is -1.06. The van der Waals surface area contributed by atoms with Crippen LogP contribution in [-0.4, -0.2) is 6.54 Å². The maximum atomic E-state index is 5.23. The molecule has 0 bridgehead atoms. The highest BCUT2D eigenvalue weighted by atomic mass is 79.9. The standard InChI is InChI=1S/C13H14BrNO/c14-12-5-3-11(4-6-12)7-8-15-10-13-2-1-9-16-13/h1-6,9,15H,7-8,10H2. The van der Waals surface area contributed by atoms with E-state index in [4.69, 9.17) is 4.42 Å². The van der Waals surface area contributed by atoms with Crippen LogP contribution in [0.15, 0.2) is 51.6 Å². The lowest BCUT2D eigenvalue weighted by Gasteiger charge is -2.03. The van der Waals surface area contributed by atoms with Crippen molar-refractivity contribution in [2.24, 2.45) is 0 Å². The normalized spacial score (nSPS) is 10.6. The molecule has 0 atom stereocenters. The van der Waals surface area contributed by atoms with Crippen LogP contribution in [-0.2, 0) is 13.0 Å². The molecule has 2 aromatic rings. The molecule has 84 valence electrons. The van der Waals surface area contributed by atoms with Crippen LogP contribution in [0.2, 0.25) is 0 Å². The monoisotopic (exact) mass is 279 g/mol. The first kappa shape index (κ1) is 11.4. The first-order chi connectivity index (χ1) is 7.84. The van der Waals surface area contributed by atoms with E-state index in [1.165, 1.54) is 5.56 Å². The third-order valence-electron chi connectivity index (χ3n) is 2.38. The minimum atomic E-state index is 0.795. The number of rotatable bonds is 5. The van der Waals surface area contributed by atoms with E-state index in [0.717, 1.165) is 29.7 Å². The molecule has 2 rings (SSSR count). The van der Waals surface area contributed by atoms with Crippen molar-refractivity contribution in [2.75, 3.05) is 6.54 Å². The molecule has 16 heavy (non-hydrogen) atoms. The van der Waals surface area contributed by atoms with Crippen molar-refractivity contribution < 1.29 is 4.42 Å². The molecule has 1 N–H and O–H groups in total. The molecule has 0 aliphatic heterocycles. The summed E-state index contributed by atoms with van der Waals surface area (Å²) in [6, 6.07) is 12.3. The van der Waals surface area contributed by atoms with E-state index in [-0.39, 0.29) is 0 Å². The number of hydrogen-bond donors (Lipinski definition) is 1. The van der Waals surface area contributed by atoms with Gasteiger partial charge in [0.1, 0.15) is 5.76 Å². The van der Waals surface area contributed by atoms with Crippen LogP contribution in [0.25, 0.3) is 0 Å². The lowest BCUT2D eigenvalue weighted by Crippen LogP contribution is -2.16. The molecule has 1 heterocycles. The summed E-state index contributed by atoms with van der Waals surface area (Å²) in [5, 5.41) is 3.35. The molecule has 1 aromatic heterocycles. The zero-order valence-electron chi connectivity index (χ0n) is 8.95. The number of hydrogen-bond acceptors (Lipinski definition) is 2. The molecular formula is C13H14BrNO. The summed E-state index contributed by atoms with van der Waals surface area (Å²) in [5.41, 5.74) is 1.34. The van der Waals surface area contributed by atoms with Crippen molar-refractivity contribution in [3.63, 3.8) is 0 Å². The van der Waals surface area contributed by atoms with Crippen LogP contribution in [0.3, 0.4) is 0 Å². The molecule has 3 heteroatoms. The van der Waals surface area contributed by atoms with Gasteiger partial charge in [-0.05, 0) is 42.8 Å². The number of nitrogens with one attached hydrogen (secondary N) is 1. The Kier molecular flexibility index (Phi) is 4.19. The van der Waals surface area contributed by atoms with E-state index in [1.54, 1.807) is 6.26 Å². The van der Waals surface area contributed by atoms with Gasteiger partial charge in [0.05, 0.1) is 12.8 Å². The van der Waals surface area contributed by atoms with Gasteiger partial charge < -0.3 is 9.73 Å². The van der Waals surface area contributed by atoms with Gasteiger partial charge in [0.25, 0.3) is 0 Å². The molecule has 0 radical (unpaired) electrons. The SMILES string of the molecule is Brc1ccc(CCNCc2ccco2)cc1. The first-order valence-electron chi connectivity index (χ1n) is 5.32. The lowest BCUT2D eigenvalue weighted by atomic mass is 10.1. The quantitative estimate of drug-likeness (QED) is 0.849. The van der Waals surface area contributed by atoms with Crippen molar-refractivity contribution in [3.8, 4) is 0 Å². The summed E-state index contributed by atoms with van der Waals surface area (Å²) in [4.78, 5) is 0. The molecule has 0 amide bonds. The van der Waals surface area contributed by atoms with E-state index in [2.05, 4.69) is 45.5 Å². The van der Waals surface area contributed by atoms with E-state index in [9.17, 15) is 0 Å². The Morgan fingerprint density at radius 3 is 2.62 bits per heavy atom. The Bertz CT molecular complexity index is 408. The van der Waals surface area contributed by atoms with Crippen molar-refractivity contribution >= 4 is 15.9 Å². The fraction of sp³-hybridized carbons (Fsp3) is 0.231. The van der Waals surface area contributed by atoms with E-state index in [0.29, 0.717) is 0 Å². The highest BCUT2D eigenvalue weighted by molar-refractivity contribution is 9.10. The van der Waals surface area contributed by atoms with Gasteiger partial charge in [-0.2, -0.15) is 0 Å². The van der Waals surface area contributed by atoms with E-state index in [1.807, 2.05) is 12.1 Å². The van der Waals surface area contributed by atoms with Crippen LogP contribution < -0.4 is 5.32 Å². The van der Waals surface area contributed by atoms with Gasteiger partial charge in [0.15, 0.2) is 0 Å². The number of halogens is 1. The van der Waals surface area contributed by atoms with E-state index < -0.39 is 0 Å². The molecular weight excluding hydrogens is 266 g/mol. The van der Waals surface area contributed by atoms with E-state index >= 15 is 0 Å². The minimum Gasteiger partial charge on any atom is -0.468 e. The summed E-state index contributed by atoms with van der Waals surface area (Å²) < 4.78 is 6.36. The predicted octanol–water partition coefficient (Wildman–Crippen LogP) is 3.37. The average Bonchev–Trinajstić information content (AvgIpc) is 2.80. The highest BCUT2D eigenvalue weighted by Gasteiger charge is 1.95. The topological polar surface area (TPSA) is 25.2 Å². The van der Waals surface area contributed by atoms with Crippen molar-refractivity contribution in [1.29, 1.82) is 0 Å². The lowest BCUT2D eigenvalue weighted by molar-refractivity contribution is 0.484. The summed E-state index contributed by atoms with van der Waals surface area (Å²) >= 11 is 3.43. The predicted molar refractivity (Wildman–Crippen MR) is 68.3 cm³/mol. The van der Waals surface area contributed by atoms with Gasteiger partial charge in [0.2, 0.25) is 0 Å². The summed E-state index contributed by atoms with van der Waals surface area (Å²) in [7, 11) is 0. The largest absolute Gasteiger partial charge is 0.468 e. The maximum Gasteiger partial charge on any atom is 0.117 e. The zero-order chi connectivity index (χ0) is 11.2. The smallest absolute Gasteiger partial charge is 0.117 e. The average molecular weight is 280 g/mol. The molecule has 1 aromatic carbocycles. The fourth-order valence-corrected chi connectivity index (χ4v) is 1.77. The summed E-state index contributed by atoms with van der Waals surface area (Å²) in [5.74, 6) is 0.982. The van der Waals surface area contributed by atoms with Crippen molar-refractivity contribution in [2.45, 2.75) is 13.0 Å². The van der Waals surface area contributed by atoms with Crippen LogP contribution in [0.5, 0.6) is 0 Å². The van der Waals surface area contributed by atoms with Crippen LogP contribution in [0.4, 0.5) is 0 Å². The Morgan fingerprint density at radius 2 is 1.94 bits per heavy atom. The maximum absolute atomic E-state index is 5.23. The van der Waals surface area contributed by atoms with Gasteiger partial charge >= 0.3 is 0 Å². The Balaban J connectivity index is 1.70. The molecule has 0 saturated heterocycles. The third kappa shape index (κ3) is 3.51. The zero-order valence-corrected chi connectivity index (χ0v) is 10.5. The van der Waals surface area contributed by atoms with Crippen LogP contribution in [0, 0.1) is 0 Å². The third-order valence-corrected chi connectivity index (χ3v) is 2.91. The fourth-order valence-electron chi connectivity index (χ4n) is 1.51. The summed E-state index contributed by atoms with van der Waals surface area (Å²) in [6.45, 7) is 1.76. The molecule has 0 saturated carbocycles. The number of furan rings is 1. The van der Waals surface area contributed by atoms with Gasteiger partial charge in [-0.3, -0.25) is 0 Å². The minimum absolute atomic E-state index is 0.795. The van der Waals surface area contributed by atoms with Crippen molar-refractivity contribution in [3.05, 3.63) is 58.5 Å². The summed E-state index contributed by atoms with van der Waals surface area (Å²) in [6.07, 6.45) is 2.74. The van der Waals surface area contributed by atoms with Gasteiger partial charge in [-0.25, -0.2) is 0 Å². The number of benzene rings is 1. The second-order valence-corrected chi connectivity index (χ2v) is 4.55. The highest BCUT2D eigenvalue weighted by Crippen LogP contribution is 2.10. The molecule has 0 fully saturated rings. The van der Waals surface area contributed by atoms with Crippen LogP contribution >= 0.6 is 15.9 Å². The molecule has 0 unspecified atom stereocenters. The first-order valence-corrected chi connectivity index (χ1v) is 6.11. The van der Waals surface area contributed by atoms with Crippen LogP contribution in [0.1, 0.15) is 11.3 Å². The Labute approximate surface area is 104 Å². The second-order valence-electron chi connectivity index (χ2n) is 3.63. The second kappa shape index (κ2) is 5.87. The molecule has 2 nitrogen and oxygen atoms in total. The van der Waals surface area contributed by atoms with Gasteiger partial charge in [-0.15, -0.1) is 0 Å².